The minimum Gasteiger partial charge on any atom is -0.397 e. The molecular weight excluding hydrogens is 460 g/mol. The third-order valence-electron chi connectivity index (χ3n) is 5.46. The van der Waals surface area contributed by atoms with Crippen molar-refractivity contribution in [3.05, 3.63) is 36.7 Å². The van der Waals surface area contributed by atoms with Gasteiger partial charge in [-0.25, -0.2) is 19.6 Å². The number of hydrogen-bond donors (Lipinski definition) is 6. The third kappa shape index (κ3) is 11.4. The maximum absolute atomic E-state index is 11.9. The molecule has 0 spiro atoms. The van der Waals surface area contributed by atoms with Crippen molar-refractivity contribution in [2.45, 2.75) is 25.7 Å². The van der Waals surface area contributed by atoms with Gasteiger partial charge in [0.25, 0.3) is 0 Å². The van der Waals surface area contributed by atoms with Crippen LogP contribution in [0.4, 0.5) is 32.6 Å². The first-order valence-corrected chi connectivity index (χ1v) is 12.2. The number of nitrogen functional groups attached to an aromatic ring is 2. The summed E-state index contributed by atoms with van der Waals surface area (Å²) in [7, 11) is 3.83. The van der Waals surface area contributed by atoms with Crippen LogP contribution in [0.1, 0.15) is 25.7 Å². The fourth-order valence-electron chi connectivity index (χ4n) is 3.28. The van der Waals surface area contributed by atoms with E-state index in [0.717, 1.165) is 37.3 Å². The second-order valence-corrected chi connectivity index (χ2v) is 8.52. The lowest BCUT2D eigenvalue weighted by atomic mass is 10.2. The molecule has 0 aliphatic heterocycles. The minimum atomic E-state index is -0.176. The Hall–Kier alpha value is -3.96. The molecule has 12 nitrogen and oxygen atoms in total. The summed E-state index contributed by atoms with van der Waals surface area (Å²) in [4.78, 5) is 36.2. The number of nitrogens with zero attached hydrogens (tertiary/aromatic N) is 4. The van der Waals surface area contributed by atoms with Crippen molar-refractivity contribution in [2.75, 3.05) is 74.6 Å². The van der Waals surface area contributed by atoms with Gasteiger partial charge in [-0.2, -0.15) is 0 Å². The fraction of sp³-hybridized carbons (Fsp3) is 0.500. The Morgan fingerprint density at radius 3 is 1.42 bits per heavy atom. The van der Waals surface area contributed by atoms with Crippen molar-refractivity contribution in [3.63, 3.8) is 0 Å². The highest BCUT2D eigenvalue weighted by molar-refractivity contribution is 5.74. The summed E-state index contributed by atoms with van der Waals surface area (Å²) in [6.07, 6.45) is 6.96. The highest BCUT2D eigenvalue weighted by Gasteiger charge is 2.05. The van der Waals surface area contributed by atoms with Gasteiger partial charge in [-0.1, -0.05) is 12.8 Å². The zero-order valence-corrected chi connectivity index (χ0v) is 21.3. The quantitative estimate of drug-likeness (QED) is 0.199. The minimum absolute atomic E-state index is 0.176. The van der Waals surface area contributed by atoms with Crippen molar-refractivity contribution >= 4 is 35.1 Å². The number of carbonyl (C=O) groups excluding carboxylic acids is 2. The Morgan fingerprint density at radius 1 is 0.667 bits per heavy atom. The van der Waals surface area contributed by atoms with Crippen molar-refractivity contribution < 1.29 is 9.59 Å². The van der Waals surface area contributed by atoms with E-state index in [1.165, 1.54) is 0 Å². The number of likely N-dealkylation sites (N-methyl/N-ethyl adjacent to an activating group) is 2. The number of unbranched alkanes of at least 4 members (excludes halogenated alkanes) is 3. The smallest absolute Gasteiger partial charge is 0.314 e. The second-order valence-electron chi connectivity index (χ2n) is 8.52. The van der Waals surface area contributed by atoms with Crippen LogP contribution in [0.15, 0.2) is 36.7 Å². The van der Waals surface area contributed by atoms with Crippen LogP contribution in [0.5, 0.6) is 0 Å². The van der Waals surface area contributed by atoms with E-state index < -0.39 is 0 Å². The van der Waals surface area contributed by atoms with Crippen LogP contribution < -0.4 is 42.5 Å². The first kappa shape index (κ1) is 28.3. The molecule has 4 amide bonds. The lowest BCUT2D eigenvalue weighted by Gasteiger charge is -2.18. The molecule has 8 N–H and O–H groups in total. The molecule has 2 rings (SSSR count). The van der Waals surface area contributed by atoms with E-state index in [1.54, 1.807) is 24.5 Å². The molecule has 36 heavy (non-hydrogen) atoms. The summed E-state index contributed by atoms with van der Waals surface area (Å²) in [5, 5.41) is 11.4. The van der Waals surface area contributed by atoms with E-state index in [0.29, 0.717) is 50.6 Å². The van der Waals surface area contributed by atoms with Gasteiger partial charge in [-0.15, -0.1) is 0 Å². The van der Waals surface area contributed by atoms with Gasteiger partial charge >= 0.3 is 12.1 Å². The van der Waals surface area contributed by atoms with Gasteiger partial charge in [-0.05, 0) is 37.1 Å². The van der Waals surface area contributed by atoms with Crippen molar-refractivity contribution in [2.24, 2.45) is 0 Å². The van der Waals surface area contributed by atoms with Crippen LogP contribution in [-0.4, -0.2) is 75.4 Å². The molecule has 2 heterocycles. The molecular formula is C24H40N10O2. The Kier molecular flexibility index (Phi) is 12.4. The van der Waals surface area contributed by atoms with Crippen LogP contribution in [-0.2, 0) is 0 Å². The molecule has 12 heteroatoms. The number of anilines is 4. The van der Waals surface area contributed by atoms with E-state index in [2.05, 4.69) is 31.2 Å². The summed E-state index contributed by atoms with van der Waals surface area (Å²) in [6, 6.07) is 6.94. The van der Waals surface area contributed by atoms with Gasteiger partial charge in [0, 0.05) is 53.4 Å². The van der Waals surface area contributed by atoms with E-state index in [4.69, 9.17) is 11.5 Å². The number of nitrogens with one attached hydrogen (secondary N) is 4. The second kappa shape index (κ2) is 15.8. The zero-order chi connectivity index (χ0) is 26.2. The molecule has 0 unspecified atom stereocenters. The number of amides is 4. The van der Waals surface area contributed by atoms with Gasteiger partial charge < -0.3 is 42.5 Å². The predicted octanol–water partition coefficient (Wildman–Crippen LogP) is 1.37. The number of pyridine rings is 2. The molecule has 0 radical (unpaired) electrons. The Balaban J connectivity index is 1.40. The number of hydrogen-bond acceptors (Lipinski definition) is 8. The monoisotopic (exact) mass is 500 g/mol. The highest BCUT2D eigenvalue weighted by Crippen LogP contribution is 2.10. The van der Waals surface area contributed by atoms with E-state index in [9.17, 15) is 9.59 Å². The normalized spacial score (nSPS) is 10.4. The first-order chi connectivity index (χ1) is 17.3. The maximum Gasteiger partial charge on any atom is 0.314 e. The van der Waals surface area contributed by atoms with Crippen LogP contribution in [0.3, 0.4) is 0 Å². The number of carbonyl (C=O) groups is 2. The van der Waals surface area contributed by atoms with Crippen LogP contribution in [0, 0.1) is 0 Å². The lowest BCUT2D eigenvalue weighted by Crippen LogP contribution is -2.40. The molecule has 0 aromatic carbocycles. The molecule has 0 aliphatic rings. The van der Waals surface area contributed by atoms with E-state index in [-0.39, 0.29) is 12.1 Å². The Morgan fingerprint density at radius 2 is 1.06 bits per heavy atom. The fourth-order valence-corrected chi connectivity index (χ4v) is 3.28. The van der Waals surface area contributed by atoms with Gasteiger partial charge in [0.05, 0.1) is 23.8 Å². The number of nitrogens with two attached hydrogens (primary N) is 2. The van der Waals surface area contributed by atoms with Crippen molar-refractivity contribution in [1.29, 1.82) is 0 Å². The Labute approximate surface area is 213 Å². The number of aromatic nitrogens is 2. The molecule has 0 saturated carbocycles. The van der Waals surface area contributed by atoms with Crippen molar-refractivity contribution in [1.82, 2.24) is 31.2 Å². The van der Waals surface area contributed by atoms with E-state index in [1.807, 2.05) is 36.0 Å². The summed E-state index contributed by atoms with van der Waals surface area (Å²) in [5.74, 6) is 1.61. The molecule has 2 aromatic rings. The largest absolute Gasteiger partial charge is 0.397 e. The molecule has 0 aliphatic carbocycles. The topological polar surface area (TPSA) is 167 Å². The number of urea groups is 2. The number of rotatable bonds is 15. The zero-order valence-electron chi connectivity index (χ0n) is 21.3. The maximum atomic E-state index is 11.9. The SMILES string of the molecule is CN(CCNC(=O)NCCCCCCNC(=O)NCCN(C)c1ccc(N)cn1)c1ccc(N)cn1. The molecule has 0 saturated heterocycles. The van der Waals surface area contributed by atoms with Crippen LogP contribution >= 0.6 is 0 Å². The average molecular weight is 501 g/mol. The summed E-state index contributed by atoms with van der Waals surface area (Å²) >= 11 is 0. The van der Waals surface area contributed by atoms with Gasteiger partial charge in [0.1, 0.15) is 11.6 Å². The van der Waals surface area contributed by atoms with Gasteiger partial charge in [-0.3, -0.25) is 0 Å². The first-order valence-electron chi connectivity index (χ1n) is 12.2. The van der Waals surface area contributed by atoms with Crippen molar-refractivity contribution in [3.8, 4) is 0 Å². The molecule has 0 bridgehead atoms. The summed E-state index contributed by atoms with van der Waals surface area (Å²) in [6.45, 7) is 3.53. The van der Waals surface area contributed by atoms with E-state index >= 15 is 0 Å². The van der Waals surface area contributed by atoms with Gasteiger partial charge in [0.2, 0.25) is 0 Å². The summed E-state index contributed by atoms with van der Waals surface area (Å²) in [5.41, 5.74) is 12.5. The predicted molar refractivity (Wildman–Crippen MR) is 145 cm³/mol. The average Bonchev–Trinajstić information content (AvgIpc) is 2.86. The third-order valence-corrected chi connectivity index (χ3v) is 5.46. The van der Waals surface area contributed by atoms with Crippen LogP contribution in [0.25, 0.3) is 0 Å². The molecule has 0 atom stereocenters. The molecule has 198 valence electrons. The lowest BCUT2D eigenvalue weighted by molar-refractivity contribution is 0.239. The summed E-state index contributed by atoms with van der Waals surface area (Å²) < 4.78 is 0. The standard InChI is InChI=1S/C24H40N10O2/c1-33(21-9-7-19(25)17-31-21)15-13-29-23(35)27-11-5-3-4-6-12-28-24(36)30-14-16-34(2)22-10-8-20(26)18-32-22/h7-10,17-18H,3-6,11-16,25-26H2,1-2H3,(H2,27,29,35)(H2,28,30,36). The Bertz CT molecular complexity index is 833. The van der Waals surface area contributed by atoms with Crippen LogP contribution in [0.2, 0.25) is 0 Å². The van der Waals surface area contributed by atoms with Gasteiger partial charge in [0.15, 0.2) is 0 Å². The highest BCUT2D eigenvalue weighted by atomic mass is 16.2. The molecule has 2 aromatic heterocycles. The molecule has 0 fully saturated rings.